The first-order valence-corrected chi connectivity index (χ1v) is 8.73. The molecule has 3 aromatic carbocycles. The lowest BCUT2D eigenvalue weighted by Crippen LogP contribution is -2.30. The van der Waals surface area contributed by atoms with E-state index in [1.54, 1.807) is 7.11 Å². The fraction of sp³-hybridized carbons (Fsp3) is 0.217. The smallest absolute Gasteiger partial charge is 0.119 e. The number of rotatable bonds is 6. The van der Waals surface area contributed by atoms with Gasteiger partial charge in [0.2, 0.25) is 0 Å². The summed E-state index contributed by atoms with van der Waals surface area (Å²) >= 11 is 0. The van der Waals surface area contributed by atoms with Gasteiger partial charge in [0.25, 0.3) is 0 Å². The summed E-state index contributed by atoms with van der Waals surface area (Å²) in [5, 5.41) is 0. The Hall–Kier alpha value is -2.74. The Labute approximate surface area is 150 Å². The van der Waals surface area contributed by atoms with Crippen LogP contribution in [-0.4, -0.2) is 7.11 Å². The van der Waals surface area contributed by atoms with Gasteiger partial charge in [0.15, 0.2) is 0 Å². The molecule has 128 valence electrons. The van der Waals surface area contributed by atoms with Crippen molar-refractivity contribution in [1.29, 1.82) is 0 Å². The van der Waals surface area contributed by atoms with Crippen LogP contribution in [0.1, 0.15) is 37.1 Å². The zero-order chi connectivity index (χ0) is 17.6. The van der Waals surface area contributed by atoms with Crippen LogP contribution in [0.3, 0.4) is 0 Å². The van der Waals surface area contributed by atoms with Crippen LogP contribution in [0.5, 0.6) is 5.75 Å². The van der Waals surface area contributed by atoms with E-state index in [2.05, 4.69) is 91.5 Å². The van der Waals surface area contributed by atoms with Gasteiger partial charge in [-0.2, -0.15) is 0 Å². The van der Waals surface area contributed by atoms with Crippen LogP contribution < -0.4 is 9.64 Å². The molecule has 0 amide bonds. The van der Waals surface area contributed by atoms with Gasteiger partial charge in [0.1, 0.15) is 5.75 Å². The fourth-order valence-electron chi connectivity index (χ4n) is 3.32. The van der Waals surface area contributed by atoms with Crippen molar-refractivity contribution >= 4 is 5.69 Å². The number of hydrogen-bond acceptors (Lipinski definition) is 2. The molecular weight excluding hydrogens is 306 g/mol. The van der Waals surface area contributed by atoms with Crippen LogP contribution >= 0.6 is 0 Å². The van der Waals surface area contributed by atoms with Crippen molar-refractivity contribution in [2.24, 2.45) is 0 Å². The molecule has 0 radical (unpaired) electrons. The highest BCUT2D eigenvalue weighted by Crippen LogP contribution is 2.36. The van der Waals surface area contributed by atoms with Crippen LogP contribution in [0.4, 0.5) is 5.69 Å². The molecule has 0 N–H and O–H groups in total. The molecule has 3 rings (SSSR count). The molecule has 0 saturated carbocycles. The third-order valence-corrected chi connectivity index (χ3v) is 4.77. The first-order valence-electron chi connectivity index (χ1n) is 8.73. The summed E-state index contributed by atoms with van der Waals surface area (Å²) in [4.78, 5) is 2.46. The highest BCUT2D eigenvalue weighted by atomic mass is 16.5. The largest absolute Gasteiger partial charge is 0.497 e. The summed E-state index contributed by atoms with van der Waals surface area (Å²) in [6, 6.07) is 30.1. The van der Waals surface area contributed by atoms with Crippen molar-refractivity contribution in [3.8, 4) is 5.75 Å². The molecule has 3 aromatic rings. The molecule has 0 aromatic heterocycles. The molecule has 0 aliphatic heterocycles. The molecule has 2 heteroatoms. The van der Waals surface area contributed by atoms with Crippen molar-refractivity contribution < 1.29 is 4.74 Å². The second-order valence-corrected chi connectivity index (χ2v) is 6.28. The standard InChI is InChI=1S/C23H25NO/c1-18(20-10-6-4-7-11-20)24(19(2)21-12-8-5-9-13-21)22-14-16-23(25-3)17-15-22/h4-19H,1-3H3/t18-,19-/m0/s1. The molecular formula is C23H25NO. The maximum atomic E-state index is 5.32. The molecule has 0 aliphatic carbocycles. The Morgan fingerprint density at radius 3 is 1.48 bits per heavy atom. The molecule has 2 nitrogen and oxygen atoms in total. The van der Waals surface area contributed by atoms with Crippen molar-refractivity contribution in [2.75, 3.05) is 12.0 Å². The van der Waals surface area contributed by atoms with E-state index in [4.69, 9.17) is 4.74 Å². The zero-order valence-corrected chi connectivity index (χ0v) is 15.1. The topological polar surface area (TPSA) is 12.5 Å². The van der Waals surface area contributed by atoms with Crippen LogP contribution in [0, 0.1) is 0 Å². The lowest BCUT2D eigenvalue weighted by atomic mass is 10.00. The van der Waals surface area contributed by atoms with Gasteiger partial charge in [0, 0.05) is 5.69 Å². The van der Waals surface area contributed by atoms with Crippen LogP contribution in [-0.2, 0) is 0 Å². The van der Waals surface area contributed by atoms with E-state index in [9.17, 15) is 0 Å². The number of hydrogen-bond donors (Lipinski definition) is 0. The van der Waals surface area contributed by atoms with Gasteiger partial charge >= 0.3 is 0 Å². The summed E-state index contributed by atoms with van der Waals surface area (Å²) < 4.78 is 5.32. The summed E-state index contributed by atoms with van der Waals surface area (Å²) in [7, 11) is 1.70. The van der Waals surface area contributed by atoms with E-state index < -0.39 is 0 Å². The number of ether oxygens (including phenoxy) is 1. The summed E-state index contributed by atoms with van der Waals surface area (Å²) in [5.41, 5.74) is 3.80. The van der Waals surface area contributed by atoms with Crippen LogP contribution in [0.2, 0.25) is 0 Å². The number of methoxy groups -OCH3 is 1. The molecule has 0 spiro atoms. The average Bonchev–Trinajstić information content (AvgIpc) is 2.70. The second-order valence-electron chi connectivity index (χ2n) is 6.28. The molecule has 0 heterocycles. The minimum absolute atomic E-state index is 0.254. The molecule has 0 aliphatic rings. The van der Waals surface area contributed by atoms with Gasteiger partial charge in [-0.25, -0.2) is 0 Å². The Morgan fingerprint density at radius 2 is 1.08 bits per heavy atom. The number of nitrogens with zero attached hydrogens (tertiary/aromatic N) is 1. The molecule has 0 bridgehead atoms. The third-order valence-electron chi connectivity index (χ3n) is 4.77. The van der Waals surface area contributed by atoms with Gasteiger partial charge < -0.3 is 9.64 Å². The Balaban J connectivity index is 2.01. The van der Waals surface area contributed by atoms with E-state index >= 15 is 0 Å². The molecule has 0 fully saturated rings. The molecule has 2 atom stereocenters. The minimum atomic E-state index is 0.254. The van der Waals surface area contributed by atoms with Gasteiger partial charge in [-0.05, 0) is 49.2 Å². The molecule has 25 heavy (non-hydrogen) atoms. The average molecular weight is 331 g/mol. The summed E-state index contributed by atoms with van der Waals surface area (Å²) in [6.07, 6.45) is 0. The SMILES string of the molecule is COc1ccc(N([C@@H](C)c2ccccc2)[C@@H](C)c2ccccc2)cc1. The highest BCUT2D eigenvalue weighted by Gasteiger charge is 2.23. The van der Waals surface area contributed by atoms with E-state index in [0.29, 0.717) is 0 Å². The minimum Gasteiger partial charge on any atom is -0.497 e. The van der Waals surface area contributed by atoms with E-state index in [-0.39, 0.29) is 12.1 Å². The van der Waals surface area contributed by atoms with E-state index in [1.807, 2.05) is 12.1 Å². The van der Waals surface area contributed by atoms with Gasteiger partial charge in [-0.3, -0.25) is 0 Å². The fourth-order valence-corrected chi connectivity index (χ4v) is 3.32. The quantitative estimate of drug-likeness (QED) is 0.547. The second kappa shape index (κ2) is 7.89. The normalized spacial score (nSPS) is 13.1. The van der Waals surface area contributed by atoms with E-state index in [0.717, 1.165) is 5.75 Å². The van der Waals surface area contributed by atoms with Crippen molar-refractivity contribution in [3.05, 3.63) is 96.1 Å². The first-order chi connectivity index (χ1) is 12.2. The van der Waals surface area contributed by atoms with Crippen LogP contribution in [0.25, 0.3) is 0 Å². The van der Waals surface area contributed by atoms with Crippen molar-refractivity contribution in [2.45, 2.75) is 25.9 Å². The molecule has 0 saturated heterocycles. The van der Waals surface area contributed by atoms with Crippen LogP contribution in [0.15, 0.2) is 84.9 Å². The maximum Gasteiger partial charge on any atom is 0.119 e. The first kappa shape index (κ1) is 17.1. The van der Waals surface area contributed by atoms with Gasteiger partial charge in [-0.1, -0.05) is 60.7 Å². The Morgan fingerprint density at radius 1 is 0.640 bits per heavy atom. The zero-order valence-electron chi connectivity index (χ0n) is 15.1. The predicted octanol–water partition coefficient (Wildman–Crippen LogP) is 6.02. The monoisotopic (exact) mass is 331 g/mol. The number of anilines is 1. The van der Waals surface area contributed by atoms with Gasteiger partial charge in [0.05, 0.1) is 19.2 Å². The maximum absolute atomic E-state index is 5.32. The summed E-state index contributed by atoms with van der Waals surface area (Å²) in [5.74, 6) is 0.878. The summed E-state index contributed by atoms with van der Waals surface area (Å²) in [6.45, 7) is 4.53. The predicted molar refractivity (Wildman–Crippen MR) is 105 cm³/mol. The van der Waals surface area contributed by atoms with Crippen molar-refractivity contribution in [3.63, 3.8) is 0 Å². The Kier molecular flexibility index (Phi) is 5.39. The lowest BCUT2D eigenvalue weighted by Gasteiger charge is -2.37. The highest BCUT2D eigenvalue weighted by molar-refractivity contribution is 5.53. The number of benzene rings is 3. The Bertz CT molecular complexity index is 723. The third kappa shape index (κ3) is 3.85. The van der Waals surface area contributed by atoms with Gasteiger partial charge in [-0.15, -0.1) is 0 Å². The van der Waals surface area contributed by atoms with E-state index in [1.165, 1.54) is 16.8 Å². The van der Waals surface area contributed by atoms with Crippen molar-refractivity contribution in [1.82, 2.24) is 0 Å². The lowest BCUT2D eigenvalue weighted by molar-refractivity contribution is 0.414. The molecule has 0 unspecified atom stereocenters.